The normalized spacial score (nSPS) is 35.7. The van der Waals surface area contributed by atoms with Crippen LogP contribution in [0.5, 0.6) is 0 Å². The minimum Gasteiger partial charge on any atom is -0.392 e. The van der Waals surface area contributed by atoms with Crippen molar-refractivity contribution in [2.75, 3.05) is 6.54 Å². The van der Waals surface area contributed by atoms with Gasteiger partial charge in [-0.1, -0.05) is 18.5 Å². The summed E-state index contributed by atoms with van der Waals surface area (Å²) in [4.78, 5) is 4.55. The predicted molar refractivity (Wildman–Crippen MR) is 70.7 cm³/mol. The van der Waals surface area contributed by atoms with E-state index in [9.17, 15) is 5.11 Å². The molecule has 1 aromatic heterocycles. The number of hydrogen-bond acceptors (Lipinski definition) is 5. The lowest BCUT2D eigenvalue weighted by Gasteiger charge is -2.25. The van der Waals surface area contributed by atoms with Crippen LogP contribution in [0.4, 0.5) is 0 Å². The summed E-state index contributed by atoms with van der Waals surface area (Å²) in [7, 11) is 0. The first-order chi connectivity index (χ1) is 9.26. The fourth-order valence-electron chi connectivity index (χ4n) is 3.29. The number of aliphatic hydroxyl groups excluding tert-OH is 1. The summed E-state index contributed by atoms with van der Waals surface area (Å²) in [5.74, 6) is 2.86. The summed E-state index contributed by atoms with van der Waals surface area (Å²) in [6, 6.07) is 0.0308. The highest BCUT2D eigenvalue weighted by molar-refractivity contribution is 5.02. The largest absolute Gasteiger partial charge is 0.392 e. The van der Waals surface area contributed by atoms with Crippen LogP contribution >= 0.6 is 0 Å². The molecule has 0 amide bonds. The minimum absolute atomic E-state index is 0.0308. The second-order valence-electron chi connectivity index (χ2n) is 5.97. The molecule has 0 aromatic carbocycles. The zero-order valence-corrected chi connectivity index (χ0v) is 11.5. The summed E-state index contributed by atoms with van der Waals surface area (Å²) >= 11 is 0. The van der Waals surface area contributed by atoms with Gasteiger partial charge in [-0.05, 0) is 38.0 Å². The molecule has 1 aliphatic carbocycles. The number of β-amino-alcohol motifs (C(OH)–C–C–N with tert-alkyl or cyclic N) is 1. The van der Waals surface area contributed by atoms with Crippen LogP contribution in [-0.4, -0.2) is 27.9 Å². The first-order valence-electron chi connectivity index (χ1n) is 7.51. The molecule has 19 heavy (non-hydrogen) atoms. The maximum absolute atomic E-state index is 9.52. The third-order valence-corrected chi connectivity index (χ3v) is 4.65. The lowest BCUT2D eigenvalue weighted by molar-refractivity contribution is 0.191. The summed E-state index contributed by atoms with van der Waals surface area (Å²) < 4.78 is 5.37. The zero-order chi connectivity index (χ0) is 13.2. The topological polar surface area (TPSA) is 71.2 Å². The molecule has 3 rings (SSSR count). The SMILES string of the molecule is CCC1CCC(c2noc([C@@H]3C[C@@H](O)CN3)n2)CC1. The molecule has 2 atom stereocenters. The van der Waals surface area contributed by atoms with Gasteiger partial charge in [-0.25, -0.2) is 0 Å². The molecule has 0 radical (unpaired) electrons. The molecule has 1 aliphatic heterocycles. The Labute approximate surface area is 113 Å². The van der Waals surface area contributed by atoms with E-state index in [2.05, 4.69) is 22.4 Å². The fraction of sp³-hybridized carbons (Fsp3) is 0.857. The molecule has 5 nitrogen and oxygen atoms in total. The Bertz CT molecular complexity index is 413. The first kappa shape index (κ1) is 13.1. The monoisotopic (exact) mass is 265 g/mol. The van der Waals surface area contributed by atoms with Gasteiger partial charge in [0.2, 0.25) is 5.89 Å². The van der Waals surface area contributed by atoms with Crippen LogP contribution in [0.15, 0.2) is 4.52 Å². The van der Waals surface area contributed by atoms with Gasteiger partial charge in [0.1, 0.15) is 0 Å². The highest BCUT2D eigenvalue weighted by Gasteiger charge is 2.30. The molecule has 1 saturated carbocycles. The maximum atomic E-state index is 9.52. The van der Waals surface area contributed by atoms with Crippen LogP contribution < -0.4 is 5.32 Å². The van der Waals surface area contributed by atoms with Crippen LogP contribution in [0.1, 0.15) is 69.1 Å². The second kappa shape index (κ2) is 5.59. The van der Waals surface area contributed by atoms with E-state index in [1.54, 1.807) is 0 Å². The summed E-state index contributed by atoms with van der Waals surface area (Å²) in [6.45, 7) is 2.89. The lowest BCUT2D eigenvalue weighted by atomic mass is 9.80. The van der Waals surface area contributed by atoms with E-state index in [0.29, 0.717) is 24.8 Å². The van der Waals surface area contributed by atoms with Crippen LogP contribution in [0.2, 0.25) is 0 Å². The molecule has 2 aliphatic rings. The van der Waals surface area contributed by atoms with Crippen molar-refractivity contribution in [2.24, 2.45) is 5.92 Å². The molecule has 0 spiro atoms. The van der Waals surface area contributed by atoms with Gasteiger partial charge >= 0.3 is 0 Å². The van der Waals surface area contributed by atoms with Gasteiger partial charge in [0.05, 0.1) is 12.1 Å². The Kier molecular flexibility index (Phi) is 3.84. The molecular weight excluding hydrogens is 242 g/mol. The zero-order valence-electron chi connectivity index (χ0n) is 11.5. The van der Waals surface area contributed by atoms with E-state index in [0.717, 1.165) is 11.7 Å². The van der Waals surface area contributed by atoms with Crippen molar-refractivity contribution < 1.29 is 9.63 Å². The van der Waals surface area contributed by atoms with Gasteiger partial charge in [-0.15, -0.1) is 0 Å². The number of aliphatic hydroxyl groups is 1. The van der Waals surface area contributed by atoms with E-state index in [1.165, 1.54) is 32.1 Å². The first-order valence-corrected chi connectivity index (χ1v) is 7.51. The van der Waals surface area contributed by atoms with Gasteiger partial charge in [0.25, 0.3) is 0 Å². The van der Waals surface area contributed by atoms with Crippen molar-refractivity contribution in [2.45, 2.75) is 63.5 Å². The molecule has 0 unspecified atom stereocenters. The lowest BCUT2D eigenvalue weighted by Crippen LogP contribution is -2.16. The van der Waals surface area contributed by atoms with Crippen molar-refractivity contribution >= 4 is 0 Å². The standard InChI is InChI=1S/C14H23N3O2/c1-2-9-3-5-10(6-4-9)13-16-14(19-17-13)12-7-11(18)8-15-12/h9-12,15,18H,2-8H2,1H3/t9?,10?,11-,12+/m1/s1. The highest BCUT2D eigenvalue weighted by atomic mass is 16.5. The third kappa shape index (κ3) is 2.82. The minimum atomic E-state index is -0.291. The second-order valence-corrected chi connectivity index (χ2v) is 5.97. The summed E-state index contributed by atoms with van der Waals surface area (Å²) in [6.07, 6.45) is 6.59. The quantitative estimate of drug-likeness (QED) is 0.876. The number of aromatic nitrogens is 2. The van der Waals surface area contributed by atoms with E-state index in [-0.39, 0.29) is 12.1 Å². The van der Waals surface area contributed by atoms with Gasteiger partial charge in [0, 0.05) is 12.5 Å². The molecule has 106 valence electrons. The van der Waals surface area contributed by atoms with E-state index >= 15 is 0 Å². The highest BCUT2D eigenvalue weighted by Crippen LogP contribution is 2.36. The Morgan fingerprint density at radius 1 is 1.32 bits per heavy atom. The molecular formula is C14H23N3O2. The van der Waals surface area contributed by atoms with Gasteiger partial charge < -0.3 is 14.9 Å². The Morgan fingerprint density at radius 3 is 2.74 bits per heavy atom. The summed E-state index contributed by atoms with van der Waals surface area (Å²) in [5, 5.41) is 16.9. The molecule has 1 saturated heterocycles. The average molecular weight is 265 g/mol. The van der Waals surface area contributed by atoms with Crippen LogP contribution in [0.3, 0.4) is 0 Å². The maximum Gasteiger partial charge on any atom is 0.243 e. The number of hydrogen-bond donors (Lipinski definition) is 2. The molecule has 5 heteroatoms. The Balaban J connectivity index is 1.62. The van der Waals surface area contributed by atoms with Crippen molar-refractivity contribution in [3.8, 4) is 0 Å². The molecule has 2 fully saturated rings. The molecule has 2 heterocycles. The molecule has 0 bridgehead atoms. The van der Waals surface area contributed by atoms with Gasteiger partial charge in [0.15, 0.2) is 5.82 Å². The van der Waals surface area contributed by atoms with Gasteiger partial charge in [-0.3, -0.25) is 0 Å². The fourth-order valence-corrected chi connectivity index (χ4v) is 3.29. The van der Waals surface area contributed by atoms with E-state index in [4.69, 9.17) is 4.52 Å². The van der Waals surface area contributed by atoms with Gasteiger partial charge in [-0.2, -0.15) is 4.98 Å². The van der Waals surface area contributed by atoms with Crippen molar-refractivity contribution in [1.29, 1.82) is 0 Å². The number of nitrogens with one attached hydrogen (secondary N) is 1. The third-order valence-electron chi connectivity index (χ3n) is 4.65. The smallest absolute Gasteiger partial charge is 0.243 e. The van der Waals surface area contributed by atoms with Crippen LogP contribution in [0, 0.1) is 5.92 Å². The predicted octanol–water partition coefficient (Wildman–Crippen LogP) is 2.15. The number of rotatable bonds is 3. The van der Waals surface area contributed by atoms with Crippen molar-refractivity contribution in [1.82, 2.24) is 15.5 Å². The number of nitrogens with zero attached hydrogens (tertiary/aromatic N) is 2. The van der Waals surface area contributed by atoms with Crippen LogP contribution in [-0.2, 0) is 0 Å². The van der Waals surface area contributed by atoms with Crippen molar-refractivity contribution in [3.05, 3.63) is 11.7 Å². The molecule has 1 aromatic rings. The van der Waals surface area contributed by atoms with Crippen LogP contribution in [0.25, 0.3) is 0 Å². The Hall–Kier alpha value is -0.940. The summed E-state index contributed by atoms with van der Waals surface area (Å²) in [5.41, 5.74) is 0. The Morgan fingerprint density at radius 2 is 2.11 bits per heavy atom. The van der Waals surface area contributed by atoms with Crippen molar-refractivity contribution in [3.63, 3.8) is 0 Å². The van der Waals surface area contributed by atoms with E-state index < -0.39 is 0 Å². The van der Waals surface area contributed by atoms with E-state index in [1.807, 2.05) is 0 Å². The average Bonchev–Trinajstić information content (AvgIpc) is 3.07. The molecule has 2 N–H and O–H groups in total.